The number of furan rings is 1. The topological polar surface area (TPSA) is 16.4 Å². The van der Waals surface area contributed by atoms with Gasteiger partial charge in [0, 0.05) is 28.0 Å². The molecule has 0 aliphatic rings. The minimum Gasteiger partial charge on any atom is -0.456 e. The highest BCUT2D eigenvalue weighted by Gasteiger charge is 2.16. The van der Waals surface area contributed by atoms with E-state index >= 15 is 0 Å². The Bertz CT molecular complexity index is 3230. The molecular formula is C62H43NO. The fourth-order valence-corrected chi connectivity index (χ4v) is 8.71. The van der Waals surface area contributed by atoms with Crippen LogP contribution in [-0.4, -0.2) is 0 Å². The van der Waals surface area contributed by atoms with Crippen LogP contribution in [0.4, 0.5) is 17.1 Å². The number of anilines is 3. The minimum atomic E-state index is 0.868. The lowest BCUT2D eigenvalue weighted by atomic mass is 9.93. The number of fused-ring (bicyclic) bond motifs is 1. The molecule has 0 saturated heterocycles. The molecule has 64 heavy (non-hydrogen) atoms. The molecule has 0 fully saturated rings. The van der Waals surface area contributed by atoms with Crippen LogP contribution in [0.1, 0.15) is 0 Å². The third-order valence-corrected chi connectivity index (χ3v) is 12.1. The fourth-order valence-electron chi connectivity index (χ4n) is 8.71. The zero-order valence-corrected chi connectivity index (χ0v) is 35.2. The van der Waals surface area contributed by atoms with Crippen LogP contribution in [0.15, 0.2) is 265 Å². The Balaban J connectivity index is 0.946. The first-order valence-corrected chi connectivity index (χ1v) is 21.8. The Labute approximate surface area is 374 Å². The van der Waals surface area contributed by atoms with Crippen molar-refractivity contribution >= 4 is 28.0 Å². The van der Waals surface area contributed by atoms with Crippen LogP contribution in [0.3, 0.4) is 0 Å². The monoisotopic (exact) mass is 817 g/mol. The lowest BCUT2D eigenvalue weighted by molar-refractivity contribution is 0.631. The third kappa shape index (κ3) is 7.93. The Kier molecular flexibility index (Phi) is 10.3. The summed E-state index contributed by atoms with van der Waals surface area (Å²) in [6.45, 7) is 0. The van der Waals surface area contributed by atoms with Crippen LogP contribution in [0.25, 0.3) is 89.1 Å². The molecule has 0 aliphatic carbocycles. The van der Waals surface area contributed by atoms with E-state index in [2.05, 4.69) is 248 Å². The summed E-state index contributed by atoms with van der Waals surface area (Å²) in [5.41, 5.74) is 19.4. The quantitative estimate of drug-likeness (QED) is 0.137. The van der Waals surface area contributed by atoms with Gasteiger partial charge in [0.25, 0.3) is 0 Å². The largest absolute Gasteiger partial charge is 0.456 e. The molecule has 11 rings (SSSR count). The predicted octanol–water partition coefficient (Wildman–Crippen LogP) is 17.6. The summed E-state index contributed by atoms with van der Waals surface area (Å²) in [7, 11) is 0. The van der Waals surface area contributed by atoms with Crippen molar-refractivity contribution in [1.29, 1.82) is 0 Å². The zero-order valence-electron chi connectivity index (χ0n) is 35.2. The molecule has 0 radical (unpaired) electrons. The van der Waals surface area contributed by atoms with Gasteiger partial charge >= 0.3 is 0 Å². The number of para-hydroxylation sites is 1. The molecule has 11 aromatic rings. The Morgan fingerprint density at radius 2 is 0.531 bits per heavy atom. The molecule has 10 aromatic carbocycles. The summed E-state index contributed by atoms with van der Waals surface area (Å²) < 4.78 is 6.24. The maximum Gasteiger partial charge on any atom is 0.135 e. The van der Waals surface area contributed by atoms with Gasteiger partial charge in [0.15, 0.2) is 0 Å². The van der Waals surface area contributed by atoms with Crippen molar-refractivity contribution in [3.63, 3.8) is 0 Å². The Morgan fingerprint density at radius 3 is 0.984 bits per heavy atom. The summed E-state index contributed by atoms with van der Waals surface area (Å²) in [5.74, 6) is 0.868. The van der Waals surface area contributed by atoms with Crippen molar-refractivity contribution in [2.75, 3.05) is 4.90 Å². The average Bonchev–Trinajstić information content (AvgIpc) is 3.83. The third-order valence-electron chi connectivity index (χ3n) is 12.1. The van der Waals surface area contributed by atoms with Crippen LogP contribution < -0.4 is 4.90 Å². The Morgan fingerprint density at radius 1 is 0.219 bits per heavy atom. The van der Waals surface area contributed by atoms with Gasteiger partial charge in [0.2, 0.25) is 0 Å². The van der Waals surface area contributed by atoms with Crippen molar-refractivity contribution < 1.29 is 4.42 Å². The molecule has 2 heteroatoms. The van der Waals surface area contributed by atoms with Gasteiger partial charge in [-0.05, 0) is 140 Å². The van der Waals surface area contributed by atoms with E-state index in [0.717, 1.165) is 56.0 Å². The van der Waals surface area contributed by atoms with Gasteiger partial charge in [-0.1, -0.05) is 188 Å². The molecule has 1 aromatic heterocycles. The van der Waals surface area contributed by atoms with Crippen molar-refractivity contribution in [2.45, 2.75) is 0 Å². The molecule has 0 aliphatic heterocycles. The molecule has 0 saturated carbocycles. The molecular weight excluding hydrogens is 775 g/mol. The maximum atomic E-state index is 6.24. The van der Waals surface area contributed by atoms with Gasteiger partial charge in [0.1, 0.15) is 11.3 Å². The van der Waals surface area contributed by atoms with Gasteiger partial charge in [0.05, 0.1) is 0 Å². The highest BCUT2D eigenvalue weighted by atomic mass is 16.3. The standard InChI is InChI=1S/C62H43NO/c1-4-13-44(14-5-1)47-23-25-48(26-24-47)49-27-33-58(34-28-49)63(59-35-29-50(30-36-59)52-20-12-21-53(39-52)62-43-54-19-10-11-22-61(54)64-62)60-37-31-51(32-38-60)57-41-55(45-15-6-2-7-16-45)40-56(42-57)46-17-8-3-9-18-46/h1-43H. The van der Waals surface area contributed by atoms with E-state index in [4.69, 9.17) is 4.42 Å². The van der Waals surface area contributed by atoms with E-state index in [1.165, 1.54) is 50.1 Å². The molecule has 0 bridgehead atoms. The van der Waals surface area contributed by atoms with Crippen LogP contribution in [0, 0.1) is 0 Å². The molecule has 0 atom stereocenters. The number of benzene rings is 10. The van der Waals surface area contributed by atoms with Crippen molar-refractivity contribution in [3.8, 4) is 78.1 Å². The summed E-state index contributed by atoms with van der Waals surface area (Å²) in [4.78, 5) is 2.34. The summed E-state index contributed by atoms with van der Waals surface area (Å²) in [6.07, 6.45) is 0. The highest BCUT2D eigenvalue weighted by molar-refractivity contribution is 5.86. The van der Waals surface area contributed by atoms with Crippen molar-refractivity contribution in [1.82, 2.24) is 0 Å². The second-order valence-electron chi connectivity index (χ2n) is 16.2. The Hall–Kier alpha value is -8.46. The van der Waals surface area contributed by atoms with Gasteiger partial charge in [-0.25, -0.2) is 0 Å². The number of hydrogen-bond donors (Lipinski definition) is 0. The SMILES string of the molecule is c1ccc(-c2ccc(-c3ccc(N(c4ccc(-c5cc(-c6ccccc6)cc(-c6ccccc6)c5)cc4)c4ccc(-c5cccc(-c6cc7ccccc7o6)c5)cc4)cc3)cc2)cc1. The maximum absolute atomic E-state index is 6.24. The van der Waals surface area contributed by atoms with Crippen molar-refractivity contribution in [3.05, 3.63) is 261 Å². The lowest BCUT2D eigenvalue weighted by Crippen LogP contribution is -2.09. The first-order chi connectivity index (χ1) is 31.7. The molecule has 302 valence electrons. The first kappa shape index (κ1) is 38.5. The van der Waals surface area contributed by atoms with E-state index in [-0.39, 0.29) is 0 Å². The molecule has 0 spiro atoms. The first-order valence-electron chi connectivity index (χ1n) is 21.8. The van der Waals surface area contributed by atoms with E-state index in [9.17, 15) is 0 Å². The van der Waals surface area contributed by atoms with Crippen LogP contribution in [0.2, 0.25) is 0 Å². The molecule has 1 heterocycles. The second kappa shape index (κ2) is 17.1. The van der Waals surface area contributed by atoms with Crippen LogP contribution in [0.5, 0.6) is 0 Å². The predicted molar refractivity (Wildman–Crippen MR) is 269 cm³/mol. The lowest BCUT2D eigenvalue weighted by Gasteiger charge is -2.26. The number of hydrogen-bond acceptors (Lipinski definition) is 2. The van der Waals surface area contributed by atoms with Gasteiger partial charge in [-0.3, -0.25) is 0 Å². The average molecular weight is 818 g/mol. The normalized spacial score (nSPS) is 11.1. The second-order valence-corrected chi connectivity index (χ2v) is 16.2. The van der Waals surface area contributed by atoms with Gasteiger partial charge < -0.3 is 9.32 Å². The molecule has 0 N–H and O–H groups in total. The minimum absolute atomic E-state index is 0.868. The molecule has 0 amide bonds. The van der Waals surface area contributed by atoms with Gasteiger partial charge in [-0.15, -0.1) is 0 Å². The zero-order chi connectivity index (χ0) is 42.7. The number of nitrogens with zero attached hydrogens (tertiary/aromatic N) is 1. The summed E-state index contributed by atoms with van der Waals surface area (Å²) in [5, 5.41) is 1.10. The molecule has 0 unspecified atom stereocenters. The summed E-state index contributed by atoms with van der Waals surface area (Å²) in [6, 6.07) is 93.3. The fraction of sp³-hybridized carbons (Fsp3) is 0. The van der Waals surface area contributed by atoms with Gasteiger partial charge in [-0.2, -0.15) is 0 Å². The van der Waals surface area contributed by atoms with Crippen molar-refractivity contribution in [2.24, 2.45) is 0 Å². The van der Waals surface area contributed by atoms with E-state index < -0.39 is 0 Å². The van der Waals surface area contributed by atoms with Crippen LogP contribution in [-0.2, 0) is 0 Å². The van der Waals surface area contributed by atoms with E-state index in [1.54, 1.807) is 0 Å². The van der Waals surface area contributed by atoms with Crippen LogP contribution >= 0.6 is 0 Å². The van der Waals surface area contributed by atoms with E-state index in [1.807, 2.05) is 18.2 Å². The summed E-state index contributed by atoms with van der Waals surface area (Å²) >= 11 is 0. The highest BCUT2D eigenvalue weighted by Crippen LogP contribution is 2.40. The molecule has 2 nitrogen and oxygen atoms in total. The number of rotatable bonds is 10. The van der Waals surface area contributed by atoms with E-state index in [0.29, 0.717) is 0 Å². The smallest absolute Gasteiger partial charge is 0.135 e.